The first-order chi connectivity index (χ1) is 9.56. The minimum atomic E-state index is -1.07. The van der Waals surface area contributed by atoms with Gasteiger partial charge in [-0.25, -0.2) is 4.79 Å². The average Bonchev–Trinajstić information content (AvgIpc) is 2.91. The number of aryl methyl sites for hydroxylation is 1. The van der Waals surface area contributed by atoms with Crippen LogP contribution in [0.1, 0.15) is 46.4 Å². The molecule has 0 unspecified atom stereocenters. The van der Waals surface area contributed by atoms with Crippen molar-refractivity contribution in [2.75, 3.05) is 20.2 Å². The van der Waals surface area contributed by atoms with Crippen LogP contribution < -0.4 is 0 Å². The third-order valence-corrected chi connectivity index (χ3v) is 3.63. The number of carboxylic acid groups (broad SMARTS) is 1. The van der Waals surface area contributed by atoms with Gasteiger partial charge in [-0.3, -0.25) is 4.79 Å². The molecule has 6 heteroatoms. The zero-order valence-corrected chi connectivity index (χ0v) is 11.7. The Balaban J connectivity index is 2.12. The average molecular weight is 281 g/mol. The molecule has 0 aliphatic carbocycles. The number of aromatic carboxylic acids is 1. The zero-order valence-electron chi connectivity index (χ0n) is 11.7. The normalized spacial score (nSPS) is 16.4. The lowest BCUT2D eigenvalue weighted by Gasteiger charge is -2.30. The Kier molecular flexibility index (Phi) is 4.44. The van der Waals surface area contributed by atoms with Crippen LogP contribution in [-0.4, -0.2) is 48.2 Å². The molecule has 0 aromatic carbocycles. The highest BCUT2D eigenvalue weighted by Crippen LogP contribution is 2.20. The Hall–Kier alpha value is -1.82. The van der Waals surface area contributed by atoms with Crippen LogP contribution in [0.2, 0.25) is 0 Å². The Morgan fingerprint density at radius 3 is 2.55 bits per heavy atom. The van der Waals surface area contributed by atoms with E-state index in [-0.39, 0.29) is 23.3 Å². The second kappa shape index (κ2) is 6.09. The number of furan rings is 1. The van der Waals surface area contributed by atoms with E-state index in [1.54, 1.807) is 18.9 Å². The lowest BCUT2D eigenvalue weighted by molar-refractivity contribution is 0.0333. The summed E-state index contributed by atoms with van der Waals surface area (Å²) in [6.45, 7) is 2.99. The van der Waals surface area contributed by atoms with Crippen molar-refractivity contribution in [3.05, 3.63) is 23.2 Å². The van der Waals surface area contributed by atoms with Gasteiger partial charge in [0.2, 0.25) is 0 Å². The largest absolute Gasteiger partial charge is 0.478 e. The summed E-state index contributed by atoms with van der Waals surface area (Å²) < 4.78 is 10.6. The van der Waals surface area contributed by atoms with Crippen molar-refractivity contribution in [3.63, 3.8) is 0 Å². The molecule has 2 heterocycles. The Morgan fingerprint density at radius 2 is 2.10 bits per heavy atom. The van der Waals surface area contributed by atoms with E-state index in [1.165, 1.54) is 6.07 Å². The summed E-state index contributed by atoms with van der Waals surface area (Å²) in [5.41, 5.74) is 0.0719. The van der Waals surface area contributed by atoms with E-state index in [4.69, 9.17) is 14.3 Å². The minimum Gasteiger partial charge on any atom is -0.478 e. The van der Waals surface area contributed by atoms with Crippen molar-refractivity contribution in [2.45, 2.75) is 32.3 Å². The molecule has 2 rings (SSSR count). The number of hydrogen-bond donors (Lipinski definition) is 1. The van der Waals surface area contributed by atoms with Gasteiger partial charge in [-0.1, -0.05) is 6.92 Å². The summed E-state index contributed by atoms with van der Waals surface area (Å²) in [5.74, 6) is -0.868. The van der Waals surface area contributed by atoms with E-state index in [2.05, 4.69) is 0 Å². The first-order valence-corrected chi connectivity index (χ1v) is 6.74. The number of methoxy groups -OCH3 is 1. The predicted molar refractivity (Wildman–Crippen MR) is 71.0 cm³/mol. The van der Waals surface area contributed by atoms with Gasteiger partial charge in [0.05, 0.1) is 6.10 Å². The van der Waals surface area contributed by atoms with E-state index >= 15 is 0 Å². The number of hydrogen-bond acceptors (Lipinski definition) is 4. The standard InChI is InChI=1S/C14H19NO5/c1-3-11-10(14(17)18)8-12(20-11)13(16)15-6-4-9(19-2)5-7-15/h8-9H,3-7H2,1-2H3,(H,17,18). The summed E-state index contributed by atoms with van der Waals surface area (Å²) in [7, 11) is 1.67. The molecule has 1 aliphatic rings. The van der Waals surface area contributed by atoms with Crippen LogP contribution in [0.5, 0.6) is 0 Å². The molecule has 0 atom stereocenters. The first kappa shape index (κ1) is 14.6. The molecular formula is C14H19NO5. The summed E-state index contributed by atoms with van der Waals surface area (Å²) >= 11 is 0. The van der Waals surface area contributed by atoms with E-state index < -0.39 is 5.97 Å². The summed E-state index contributed by atoms with van der Waals surface area (Å²) in [4.78, 5) is 25.1. The molecule has 1 N–H and O–H groups in total. The topological polar surface area (TPSA) is 80.0 Å². The fourth-order valence-corrected chi connectivity index (χ4v) is 2.43. The number of piperidine rings is 1. The van der Waals surface area contributed by atoms with Crippen LogP contribution in [0.25, 0.3) is 0 Å². The van der Waals surface area contributed by atoms with Crippen molar-refractivity contribution in [3.8, 4) is 0 Å². The summed E-state index contributed by atoms with van der Waals surface area (Å²) in [5, 5.41) is 9.07. The van der Waals surface area contributed by atoms with Crippen LogP contribution in [0.15, 0.2) is 10.5 Å². The van der Waals surface area contributed by atoms with Gasteiger partial charge in [0.25, 0.3) is 5.91 Å². The molecule has 1 aliphatic heterocycles. The van der Waals surface area contributed by atoms with Gasteiger partial charge in [0, 0.05) is 32.7 Å². The Labute approximate surface area is 117 Å². The third kappa shape index (κ3) is 2.85. The van der Waals surface area contributed by atoms with Crippen molar-refractivity contribution in [1.82, 2.24) is 4.90 Å². The smallest absolute Gasteiger partial charge is 0.339 e. The van der Waals surface area contributed by atoms with Crippen molar-refractivity contribution < 1.29 is 23.8 Å². The highest BCUT2D eigenvalue weighted by atomic mass is 16.5. The molecule has 6 nitrogen and oxygen atoms in total. The van der Waals surface area contributed by atoms with Gasteiger partial charge in [0.15, 0.2) is 5.76 Å². The van der Waals surface area contributed by atoms with Gasteiger partial charge in [-0.15, -0.1) is 0 Å². The van der Waals surface area contributed by atoms with Crippen molar-refractivity contribution in [2.24, 2.45) is 0 Å². The van der Waals surface area contributed by atoms with Gasteiger partial charge < -0.3 is 19.2 Å². The molecule has 20 heavy (non-hydrogen) atoms. The maximum Gasteiger partial charge on any atom is 0.339 e. The second-order valence-corrected chi connectivity index (χ2v) is 4.83. The molecule has 0 spiro atoms. The number of amides is 1. The SMILES string of the molecule is CCc1oc(C(=O)N2CCC(OC)CC2)cc1C(=O)O. The van der Waals surface area contributed by atoms with E-state index in [9.17, 15) is 9.59 Å². The molecule has 110 valence electrons. The minimum absolute atomic E-state index is 0.0719. The van der Waals surface area contributed by atoms with E-state index in [0.717, 1.165) is 12.8 Å². The van der Waals surface area contributed by atoms with Crippen LogP contribution in [-0.2, 0) is 11.2 Å². The van der Waals surface area contributed by atoms with Gasteiger partial charge in [-0.2, -0.15) is 0 Å². The number of ether oxygens (including phenoxy) is 1. The van der Waals surface area contributed by atoms with Crippen molar-refractivity contribution in [1.29, 1.82) is 0 Å². The van der Waals surface area contributed by atoms with E-state index in [1.807, 2.05) is 0 Å². The molecule has 0 bridgehead atoms. The molecule has 1 aromatic heterocycles. The number of rotatable bonds is 4. The quantitative estimate of drug-likeness (QED) is 0.910. The van der Waals surface area contributed by atoms with Gasteiger partial charge >= 0.3 is 5.97 Å². The maximum atomic E-state index is 12.3. The van der Waals surface area contributed by atoms with Crippen LogP contribution in [0.4, 0.5) is 0 Å². The lowest BCUT2D eigenvalue weighted by Crippen LogP contribution is -2.40. The van der Waals surface area contributed by atoms with E-state index in [0.29, 0.717) is 25.3 Å². The molecular weight excluding hydrogens is 262 g/mol. The number of nitrogens with zero attached hydrogens (tertiary/aromatic N) is 1. The molecule has 0 saturated carbocycles. The Morgan fingerprint density at radius 1 is 1.45 bits per heavy atom. The molecule has 1 saturated heterocycles. The maximum absolute atomic E-state index is 12.3. The fourth-order valence-electron chi connectivity index (χ4n) is 2.43. The molecule has 1 aromatic rings. The summed E-state index contributed by atoms with van der Waals surface area (Å²) in [6.07, 6.45) is 2.21. The second-order valence-electron chi connectivity index (χ2n) is 4.83. The van der Waals surface area contributed by atoms with Crippen LogP contribution in [0.3, 0.4) is 0 Å². The van der Waals surface area contributed by atoms with Crippen LogP contribution >= 0.6 is 0 Å². The highest BCUT2D eigenvalue weighted by molar-refractivity contribution is 5.96. The lowest BCUT2D eigenvalue weighted by atomic mass is 10.1. The van der Waals surface area contributed by atoms with Gasteiger partial charge in [0.1, 0.15) is 11.3 Å². The number of likely N-dealkylation sites (tertiary alicyclic amines) is 1. The number of carbonyl (C=O) groups is 2. The fraction of sp³-hybridized carbons (Fsp3) is 0.571. The third-order valence-electron chi connectivity index (χ3n) is 3.63. The number of carboxylic acids is 1. The first-order valence-electron chi connectivity index (χ1n) is 6.74. The van der Waals surface area contributed by atoms with Gasteiger partial charge in [-0.05, 0) is 12.8 Å². The molecule has 1 fully saturated rings. The predicted octanol–water partition coefficient (Wildman–Crippen LogP) is 1.79. The van der Waals surface area contributed by atoms with Crippen LogP contribution in [0, 0.1) is 0 Å². The Bertz CT molecular complexity index is 500. The van der Waals surface area contributed by atoms with Crippen molar-refractivity contribution >= 4 is 11.9 Å². The monoisotopic (exact) mass is 281 g/mol. The highest BCUT2D eigenvalue weighted by Gasteiger charge is 2.27. The molecule has 0 radical (unpaired) electrons. The molecule has 1 amide bonds. The zero-order chi connectivity index (χ0) is 14.7. The number of carbonyl (C=O) groups excluding carboxylic acids is 1. The summed E-state index contributed by atoms with van der Waals surface area (Å²) in [6, 6.07) is 1.33.